The predicted molar refractivity (Wildman–Crippen MR) is 127 cm³/mol. The van der Waals surface area contributed by atoms with Gasteiger partial charge in [0, 0.05) is 0 Å². The molecule has 0 unspecified atom stereocenters. The Labute approximate surface area is 203 Å². The molecule has 6 nitrogen and oxygen atoms in total. The molecule has 0 saturated heterocycles. The zero-order chi connectivity index (χ0) is 26.3. The van der Waals surface area contributed by atoms with E-state index in [1.54, 1.807) is 0 Å². The molecule has 0 aromatic heterocycles. The Hall–Kier alpha value is -3.13. The second kappa shape index (κ2) is 11.5. The first-order chi connectivity index (χ1) is 16.3. The van der Waals surface area contributed by atoms with Crippen molar-refractivity contribution >= 4 is 30.6 Å². The summed E-state index contributed by atoms with van der Waals surface area (Å²) in [5, 5.41) is 13.3. The van der Waals surface area contributed by atoms with Crippen LogP contribution in [0.3, 0.4) is 0 Å². The summed E-state index contributed by atoms with van der Waals surface area (Å²) in [6.07, 6.45) is -7.19. The molecule has 2 aromatic rings. The number of hydrogen-bond donors (Lipinski definition) is 2. The van der Waals surface area contributed by atoms with Gasteiger partial charge in [-0.3, -0.25) is 4.79 Å². The van der Waals surface area contributed by atoms with Crippen molar-refractivity contribution in [2.75, 3.05) is 13.7 Å². The van der Waals surface area contributed by atoms with Crippen LogP contribution in [0.1, 0.15) is 20.8 Å². The second-order valence-corrected chi connectivity index (χ2v) is 13.0. The van der Waals surface area contributed by atoms with Gasteiger partial charge in [0.25, 0.3) is 8.32 Å². The number of aliphatic hydroxyl groups excluding tert-OH is 1. The number of amides is 1. The van der Waals surface area contributed by atoms with Gasteiger partial charge in [-0.1, -0.05) is 93.3 Å². The number of alkyl halides is 3. The van der Waals surface area contributed by atoms with Crippen LogP contribution in [0.5, 0.6) is 0 Å². The van der Waals surface area contributed by atoms with Crippen LogP contribution < -0.4 is 15.7 Å². The topological polar surface area (TPSA) is 84.9 Å². The molecule has 0 aliphatic rings. The van der Waals surface area contributed by atoms with Crippen molar-refractivity contribution in [1.29, 1.82) is 0 Å². The third-order valence-electron chi connectivity index (χ3n) is 5.34. The maximum absolute atomic E-state index is 12.6. The van der Waals surface area contributed by atoms with E-state index < -0.39 is 38.5 Å². The van der Waals surface area contributed by atoms with Gasteiger partial charge in [0.1, 0.15) is 6.10 Å². The average molecular weight is 508 g/mol. The van der Waals surface area contributed by atoms with Crippen molar-refractivity contribution in [3.8, 4) is 11.8 Å². The summed E-state index contributed by atoms with van der Waals surface area (Å²) in [4.78, 5) is 23.1. The van der Waals surface area contributed by atoms with Gasteiger partial charge in [-0.25, -0.2) is 4.79 Å². The normalized spacial score (nSPS) is 13.7. The Kier molecular flexibility index (Phi) is 9.26. The third kappa shape index (κ3) is 6.72. The summed E-state index contributed by atoms with van der Waals surface area (Å²) in [5.74, 6) is 1.24. The van der Waals surface area contributed by atoms with E-state index >= 15 is 0 Å². The molecule has 2 N–H and O–H groups in total. The minimum Gasteiger partial charge on any atom is -0.467 e. The number of carbonyl (C=O) groups is 2. The molecule has 0 radical (unpaired) electrons. The highest BCUT2D eigenvalue weighted by Crippen LogP contribution is 2.36. The highest BCUT2D eigenvalue weighted by Gasteiger charge is 2.50. The van der Waals surface area contributed by atoms with E-state index in [9.17, 15) is 27.9 Å². The monoisotopic (exact) mass is 507 g/mol. The van der Waals surface area contributed by atoms with Gasteiger partial charge in [-0.15, -0.1) is 0 Å². The predicted octanol–water partition coefficient (Wildman–Crippen LogP) is 2.15. The van der Waals surface area contributed by atoms with Crippen LogP contribution in [0, 0.1) is 11.8 Å². The van der Waals surface area contributed by atoms with Crippen LogP contribution in [0.4, 0.5) is 13.2 Å². The fourth-order valence-electron chi connectivity index (χ4n) is 3.75. The molecule has 35 heavy (non-hydrogen) atoms. The highest BCUT2D eigenvalue weighted by atomic mass is 28.4. The standard InChI is InChI=1S/C25H28F3NO5Si/c1-24(2,3)35(18-12-7-5-8-13-18,19-14-9-6-10-15-19)34-17-11-16-20(30)21(22(31)33-4)29-23(32)25(26,27)28/h5-10,12-15,20-21,30H,17H2,1-4H3,(H,29,32)/t20-,21-/m0/s1. The number of ether oxygens (including phenoxy) is 1. The second-order valence-electron chi connectivity index (χ2n) is 8.69. The van der Waals surface area contributed by atoms with Crippen LogP contribution >= 0.6 is 0 Å². The number of benzene rings is 2. The van der Waals surface area contributed by atoms with Crippen molar-refractivity contribution in [2.24, 2.45) is 0 Å². The first-order valence-electron chi connectivity index (χ1n) is 10.7. The van der Waals surface area contributed by atoms with Gasteiger partial charge >= 0.3 is 18.1 Å². The van der Waals surface area contributed by atoms with Gasteiger partial charge in [-0.2, -0.15) is 13.2 Å². The largest absolute Gasteiger partial charge is 0.471 e. The first kappa shape index (κ1) is 28.1. The maximum Gasteiger partial charge on any atom is 0.471 e. The summed E-state index contributed by atoms with van der Waals surface area (Å²) in [6.45, 7) is 6.00. The summed E-state index contributed by atoms with van der Waals surface area (Å²) in [5.41, 5.74) is 0. The van der Waals surface area contributed by atoms with Crippen LogP contribution in [-0.4, -0.2) is 57.3 Å². The molecule has 0 fully saturated rings. The highest BCUT2D eigenvalue weighted by molar-refractivity contribution is 6.99. The number of methoxy groups -OCH3 is 1. The fraction of sp³-hybridized carbons (Fsp3) is 0.360. The molecule has 1 amide bonds. The quantitative estimate of drug-likeness (QED) is 0.341. The molecular formula is C25H28F3NO5Si. The number of aliphatic hydroxyl groups is 1. The van der Waals surface area contributed by atoms with E-state index in [2.05, 4.69) is 37.3 Å². The number of carbonyl (C=O) groups excluding carboxylic acids is 2. The van der Waals surface area contributed by atoms with Crippen LogP contribution in [0.15, 0.2) is 60.7 Å². The number of esters is 1. The molecule has 2 atom stereocenters. The average Bonchev–Trinajstić information content (AvgIpc) is 2.81. The summed E-state index contributed by atoms with van der Waals surface area (Å²) in [6, 6.07) is 17.3. The van der Waals surface area contributed by atoms with Crippen molar-refractivity contribution in [3.63, 3.8) is 0 Å². The lowest BCUT2D eigenvalue weighted by molar-refractivity contribution is -0.176. The molecule has 0 aliphatic heterocycles. The van der Waals surface area contributed by atoms with Crippen LogP contribution in [-0.2, 0) is 18.8 Å². The van der Waals surface area contributed by atoms with E-state index in [1.165, 1.54) is 5.32 Å². The molecule has 0 heterocycles. The van der Waals surface area contributed by atoms with Crippen molar-refractivity contribution < 1.29 is 37.0 Å². The molecule has 10 heteroatoms. The van der Waals surface area contributed by atoms with E-state index in [4.69, 9.17) is 4.43 Å². The van der Waals surface area contributed by atoms with E-state index in [-0.39, 0.29) is 11.6 Å². The molecule has 188 valence electrons. The zero-order valence-electron chi connectivity index (χ0n) is 19.8. The van der Waals surface area contributed by atoms with Gasteiger partial charge in [0.2, 0.25) is 0 Å². The Balaban J connectivity index is 2.36. The lowest BCUT2D eigenvalue weighted by Gasteiger charge is -2.42. The van der Waals surface area contributed by atoms with Crippen molar-refractivity contribution in [3.05, 3.63) is 60.7 Å². The molecule has 0 spiro atoms. The van der Waals surface area contributed by atoms with E-state index in [1.807, 2.05) is 60.7 Å². The first-order valence-corrected chi connectivity index (χ1v) is 12.6. The van der Waals surface area contributed by atoms with Gasteiger partial charge in [0.05, 0.1) is 13.7 Å². The van der Waals surface area contributed by atoms with Gasteiger partial charge in [-0.05, 0) is 15.4 Å². The van der Waals surface area contributed by atoms with E-state index in [0.717, 1.165) is 17.5 Å². The number of halogens is 3. The fourth-order valence-corrected chi connectivity index (χ4v) is 8.20. The zero-order valence-corrected chi connectivity index (χ0v) is 20.8. The van der Waals surface area contributed by atoms with Gasteiger partial charge in [0.15, 0.2) is 6.04 Å². The number of nitrogens with one attached hydrogen (secondary N) is 1. The lowest BCUT2D eigenvalue weighted by Crippen LogP contribution is -2.66. The van der Waals surface area contributed by atoms with Crippen molar-refractivity contribution in [1.82, 2.24) is 5.32 Å². The SMILES string of the molecule is COC(=O)[C@@H](NC(=O)C(F)(F)F)[C@@H](O)C#CCO[Si](c1ccccc1)(c1ccccc1)C(C)(C)C. The Morgan fingerprint density at radius 2 is 1.49 bits per heavy atom. The molecule has 0 bridgehead atoms. The summed E-state index contributed by atoms with van der Waals surface area (Å²) >= 11 is 0. The summed E-state index contributed by atoms with van der Waals surface area (Å²) < 4.78 is 48.7. The van der Waals surface area contributed by atoms with E-state index in [0.29, 0.717) is 0 Å². The Morgan fingerprint density at radius 3 is 1.89 bits per heavy atom. The number of hydrogen-bond acceptors (Lipinski definition) is 5. The van der Waals surface area contributed by atoms with Crippen molar-refractivity contribution in [2.45, 2.75) is 44.1 Å². The molecule has 0 aliphatic carbocycles. The summed E-state index contributed by atoms with van der Waals surface area (Å²) in [7, 11) is -2.00. The minimum atomic E-state index is -5.24. The molecule has 2 aromatic carbocycles. The molecular weight excluding hydrogens is 479 g/mol. The Bertz CT molecular complexity index is 1020. The lowest BCUT2D eigenvalue weighted by atomic mass is 10.1. The van der Waals surface area contributed by atoms with Gasteiger partial charge < -0.3 is 19.6 Å². The molecule has 2 rings (SSSR count). The Morgan fingerprint density at radius 1 is 1.00 bits per heavy atom. The third-order valence-corrected chi connectivity index (χ3v) is 10.3. The van der Waals surface area contributed by atoms with Crippen LogP contribution in [0.25, 0.3) is 0 Å². The number of rotatable bonds is 7. The molecule has 0 saturated carbocycles. The minimum absolute atomic E-state index is 0.175. The smallest absolute Gasteiger partial charge is 0.467 e. The maximum atomic E-state index is 12.6. The van der Waals surface area contributed by atoms with Crippen LogP contribution in [0.2, 0.25) is 5.04 Å².